The first kappa shape index (κ1) is 25.4. The fraction of sp³-hybridized carbons (Fsp3) is 0.545. The van der Waals surface area contributed by atoms with Crippen LogP contribution in [0.1, 0.15) is 61.9 Å². The maximum absolute atomic E-state index is 13.6. The predicted molar refractivity (Wildman–Crippen MR) is 128 cm³/mol. The van der Waals surface area contributed by atoms with E-state index in [0.29, 0.717) is 34.0 Å². The molecule has 0 aromatic carbocycles. The lowest BCUT2D eigenvalue weighted by Crippen LogP contribution is -2.30. The van der Waals surface area contributed by atoms with Crippen LogP contribution in [0.25, 0.3) is 5.69 Å². The van der Waals surface area contributed by atoms with Crippen LogP contribution in [-0.4, -0.2) is 62.6 Å². The molecule has 1 saturated carbocycles. The molecule has 1 fully saturated rings. The molecule has 4 rings (SSSR count). The molecule has 1 aliphatic rings. The van der Waals surface area contributed by atoms with Crippen LogP contribution in [0, 0.1) is 12.8 Å². The summed E-state index contributed by atoms with van der Waals surface area (Å²) in [5, 5.41) is 8.12. The van der Waals surface area contributed by atoms with Gasteiger partial charge in [0, 0.05) is 25.4 Å². The molecule has 3 aromatic heterocycles. The molecule has 0 spiro atoms. The second-order valence-corrected chi connectivity index (χ2v) is 11.5. The first-order valence-corrected chi connectivity index (χ1v) is 13.3. The highest BCUT2D eigenvalue weighted by Crippen LogP contribution is 2.43. The van der Waals surface area contributed by atoms with Crippen LogP contribution in [0.5, 0.6) is 5.88 Å². The standard InChI is InChI=1S/C22H28ClN7O4S/c1-12-6-7-16(12)21-29-28-17(30(21)18-13(2)26-11-27-22(18)34-5)10-35(31,32)14(3)19(33-4)20-24-8-15(23)9-25-20/h8-9,11-12,14,16,19H,6-7,10H2,1-5H3/t12-,14-,16-,19-/m0/s1. The highest BCUT2D eigenvalue weighted by atomic mass is 35.5. The van der Waals surface area contributed by atoms with Crippen molar-refractivity contribution in [3.05, 3.63) is 46.9 Å². The molecule has 0 radical (unpaired) electrons. The Balaban J connectivity index is 1.76. The molecule has 0 N–H and O–H groups in total. The minimum atomic E-state index is -3.80. The lowest BCUT2D eigenvalue weighted by atomic mass is 9.74. The van der Waals surface area contributed by atoms with Gasteiger partial charge in [0.1, 0.15) is 29.7 Å². The van der Waals surface area contributed by atoms with Gasteiger partial charge in [-0.25, -0.2) is 23.4 Å². The van der Waals surface area contributed by atoms with Crippen molar-refractivity contribution in [3.8, 4) is 11.6 Å². The third-order valence-corrected chi connectivity index (χ3v) is 8.80. The van der Waals surface area contributed by atoms with Crippen LogP contribution >= 0.6 is 11.6 Å². The molecule has 0 bridgehead atoms. The normalized spacial score (nSPS) is 19.7. The quantitative estimate of drug-likeness (QED) is 0.413. The first-order valence-electron chi connectivity index (χ1n) is 11.2. The number of hydrogen-bond donors (Lipinski definition) is 0. The minimum absolute atomic E-state index is 0.148. The highest BCUT2D eigenvalue weighted by molar-refractivity contribution is 7.91. The van der Waals surface area contributed by atoms with E-state index in [1.807, 2.05) is 6.92 Å². The average molecular weight is 522 g/mol. The molecule has 4 atom stereocenters. The second kappa shape index (κ2) is 10.1. The lowest BCUT2D eigenvalue weighted by molar-refractivity contribution is 0.0948. The van der Waals surface area contributed by atoms with Crippen LogP contribution in [0.4, 0.5) is 0 Å². The predicted octanol–water partition coefficient (Wildman–Crippen LogP) is 3.02. The summed E-state index contributed by atoms with van der Waals surface area (Å²) >= 11 is 5.88. The topological polar surface area (TPSA) is 135 Å². The van der Waals surface area contributed by atoms with Gasteiger partial charge >= 0.3 is 0 Å². The van der Waals surface area contributed by atoms with E-state index in [2.05, 4.69) is 37.1 Å². The summed E-state index contributed by atoms with van der Waals surface area (Å²) in [5.41, 5.74) is 1.16. The average Bonchev–Trinajstić information content (AvgIpc) is 3.20. The Bertz CT molecular complexity index is 1300. The summed E-state index contributed by atoms with van der Waals surface area (Å²) in [6.07, 6.45) is 5.33. The van der Waals surface area contributed by atoms with Crippen molar-refractivity contribution in [2.24, 2.45) is 5.92 Å². The van der Waals surface area contributed by atoms with Gasteiger partial charge in [0.15, 0.2) is 21.5 Å². The number of aromatic nitrogens is 7. The van der Waals surface area contributed by atoms with E-state index in [1.165, 1.54) is 32.9 Å². The van der Waals surface area contributed by atoms with Gasteiger partial charge in [-0.05, 0) is 32.6 Å². The zero-order chi connectivity index (χ0) is 25.3. The van der Waals surface area contributed by atoms with Gasteiger partial charge in [0.25, 0.3) is 0 Å². The van der Waals surface area contributed by atoms with Crippen molar-refractivity contribution in [1.29, 1.82) is 0 Å². The molecule has 188 valence electrons. The SMILES string of the molecule is COc1ncnc(C)c1-n1c(CS(=O)(=O)[C@@H](C)[C@H](OC)c2ncc(Cl)cn2)nnc1[C@H]1CC[C@@H]1C. The zero-order valence-corrected chi connectivity index (χ0v) is 21.8. The third kappa shape index (κ3) is 4.87. The molecule has 35 heavy (non-hydrogen) atoms. The summed E-state index contributed by atoms with van der Waals surface area (Å²) in [7, 11) is -0.875. The Labute approximate surface area is 209 Å². The molecule has 3 heterocycles. The van der Waals surface area contributed by atoms with E-state index in [-0.39, 0.29) is 23.3 Å². The van der Waals surface area contributed by atoms with Gasteiger partial charge < -0.3 is 9.47 Å². The largest absolute Gasteiger partial charge is 0.479 e. The van der Waals surface area contributed by atoms with Crippen molar-refractivity contribution in [2.75, 3.05) is 14.2 Å². The van der Waals surface area contributed by atoms with Gasteiger partial charge in [-0.15, -0.1) is 10.2 Å². The maximum atomic E-state index is 13.6. The monoisotopic (exact) mass is 521 g/mol. The lowest BCUT2D eigenvalue weighted by Gasteiger charge is -2.33. The van der Waals surface area contributed by atoms with Crippen molar-refractivity contribution in [2.45, 2.75) is 56.6 Å². The zero-order valence-electron chi connectivity index (χ0n) is 20.2. The van der Waals surface area contributed by atoms with E-state index in [0.717, 1.165) is 12.8 Å². The molecular weight excluding hydrogens is 494 g/mol. The van der Waals surface area contributed by atoms with Gasteiger partial charge in [0.05, 0.1) is 23.1 Å². The van der Waals surface area contributed by atoms with E-state index in [4.69, 9.17) is 21.1 Å². The number of rotatable bonds is 9. The Kier molecular flexibility index (Phi) is 7.34. The van der Waals surface area contributed by atoms with Crippen LogP contribution in [0.3, 0.4) is 0 Å². The summed E-state index contributed by atoms with van der Waals surface area (Å²) in [6.45, 7) is 5.52. The van der Waals surface area contributed by atoms with E-state index in [1.54, 1.807) is 11.5 Å². The van der Waals surface area contributed by atoms with Crippen molar-refractivity contribution in [1.82, 2.24) is 34.7 Å². The van der Waals surface area contributed by atoms with Gasteiger partial charge in [-0.1, -0.05) is 18.5 Å². The van der Waals surface area contributed by atoms with Crippen LogP contribution in [0.2, 0.25) is 5.02 Å². The fourth-order valence-corrected chi connectivity index (χ4v) is 5.80. The number of halogens is 1. The number of ether oxygens (including phenoxy) is 2. The second-order valence-electron chi connectivity index (χ2n) is 8.72. The summed E-state index contributed by atoms with van der Waals surface area (Å²) in [5.74, 6) is 1.66. The summed E-state index contributed by atoms with van der Waals surface area (Å²) in [4.78, 5) is 16.8. The number of sulfone groups is 1. The van der Waals surface area contributed by atoms with Crippen molar-refractivity contribution >= 4 is 21.4 Å². The molecule has 13 heteroatoms. The highest BCUT2D eigenvalue weighted by Gasteiger charge is 2.38. The molecular formula is C22H28ClN7O4S. The van der Waals surface area contributed by atoms with Gasteiger partial charge in [-0.2, -0.15) is 4.98 Å². The Hall–Kier alpha value is -2.70. The molecule has 0 unspecified atom stereocenters. The number of methoxy groups -OCH3 is 2. The summed E-state index contributed by atoms with van der Waals surface area (Å²) in [6, 6.07) is 0. The van der Waals surface area contributed by atoms with Gasteiger partial charge in [0.2, 0.25) is 5.88 Å². The van der Waals surface area contributed by atoms with Crippen LogP contribution in [0.15, 0.2) is 18.7 Å². The maximum Gasteiger partial charge on any atom is 0.241 e. The van der Waals surface area contributed by atoms with E-state index >= 15 is 0 Å². The molecule has 0 amide bonds. The Morgan fingerprint density at radius 3 is 2.43 bits per heavy atom. The Morgan fingerprint density at radius 2 is 1.86 bits per heavy atom. The molecule has 0 aliphatic heterocycles. The molecule has 11 nitrogen and oxygen atoms in total. The van der Waals surface area contributed by atoms with E-state index in [9.17, 15) is 8.42 Å². The van der Waals surface area contributed by atoms with E-state index < -0.39 is 21.2 Å². The van der Waals surface area contributed by atoms with Crippen LogP contribution in [-0.2, 0) is 20.3 Å². The molecule has 1 aliphatic carbocycles. The number of hydrogen-bond acceptors (Lipinski definition) is 10. The Morgan fingerprint density at radius 1 is 1.14 bits per heavy atom. The van der Waals surface area contributed by atoms with Crippen molar-refractivity contribution < 1.29 is 17.9 Å². The first-order chi connectivity index (χ1) is 16.7. The van der Waals surface area contributed by atoms with Gasteiger partial charge in [-0.3, -0.25) is 4.57 Å². The summed E-state index contributed by atoms with van der Waals surface area (Å²) < 4.78 is 39.9. The fourth-order valence-electron chi connectivity index (χ4n) is 4.29. The molecule has 3 aromatic rings. The minimum Gasteiger partial charge on any atom is -0.479 e. The third-order valence-electron chi connectivity index (χ3n) is 6.57. The van der Waals surface area contributed by atoms with Crippen molar-refractivity contribution in [3.63, 3.8) is 0 Å². The molecule has 0 saturated heterocycles. The smallest absolute Gasteiger partial charge is 0.241 e. The van der Waals surface area contributed by atoms with Crippen LogP contribution < -0.4 is 4.74 Å². The number of aryl methyl sites for hydroxylation is 1. The number of nitrogens with zero attached hydrogens (tertiary/aromatic N) is 7.